The van der Waals surface area contributed by atoms with Crippen molar-refractivity contribution >= 4 is 5.91 Å². The van der Waals surface area contributed by atoms with Gasteiger partial charge in [-0.1, -0.05) is 17.3 Å². The first-order valence-corrected chi connectivity index (χ1v) is 8.51. The fourth-order valence-electron chi connectivity index (χ4n) is 3.12. The van der Waals surface area contributed by atoms with E-state index in [1.807, 2.05) is 0 Å². The average Bonchev–Trinajstić information content (AvgIpc) is 3.18. The van der Waals surface area contributed by atoms with Gasteiger partial charge in [0, 0.05) is 12.5 Å². The molecule has 25 heavy (non-hydrogen) atoms. The number of ether oxygens (including phenoxy) is 1. The highest BCUT2D eigenvalue weighted by Gasteiger charge is 2.36. The monoisotopic (exact) mass is 338 g/mol. The number of carbonyl (C=O) groups excluding carboxylic acids is 1. The number of para-hydroxylation sites is 1. The Morgan fingerprint density at radius 2 is 2.20 bits per heavy atom. The van der Waals surface area contributed by atoms with Crippen molar-refractivity contribution in [2.24, 2.45) is 0 Å². The van der Waals surface area contributed by atoms with Crippen LogP contribution < -0.4 is 4.74 Å². The van der Waals surface area contributed by atoms with Gasteiger partial charge in [-0.3, -0.25) is 4.79 Å². The number of nitriles is 1. The van der Waals surface area contributed by atoms with Crippen molar-refractivity contribution in [1.82, 2.24) is 15.0 Å². The molecule has 2 heterocycles. The van der Waals surface area contributed by atoms with Gasteiger partial charge in [0.1, 0.15) is 11.8 Å². The van der Waals surface area contributed by atoms with Crippen molar-refractivity contribution in [1.29, 1.82) is 5.26 Å². The van der Waals surface area contributed by atoms with Crippen molar-refractivity contribution in [3.8, 4) is 11.8 Å². The summed E-state index contributed by atoms with van der Waals surface area (Å²) in [5.41, 5.74) is 0.417. The number of benzene rings is 1. The Bertz CT molecular complexity index is 822. The lowest BCUT2D eigenvalue weighted by Gasteiger charge is -2.22. The number of carbonyl (C=O) groups is 1. The third-order valence-corrected chi connectivity index (χ3v) is 4.61. The molecule has 1 aliphatic carbocycles. The van der Waals surface area contributed by atoms with E-state index in [-0.39, 0.29) is 18.6 Å². The van der Waals surface area contributed by atoms with Gasteiger partial charge in [0.05, 0.1) is 11.6 Å². The summed E-state index contributed by atoms with van der Waals surface area (Å²) in [6.45, 7) is 0.544. The van der Waals surface area contributed by atoms with E-state index >= 15 is 0 Å². The molecule has 7 nitrogen and oxygen atoms in total. The van der Waals surface area contributed by atoms with Crippen LogP contribution >= 0.6 is 0 Å². The molecule has 2 aromatic rings. The maximum absolute atomic E-state index is 12.6. The summed E-state index contributed by atoms with van der Waals surface area (Å²) in [6.07, 6.45) is 3.92. The summed E-state index contributed by atoms with van der Waals surface area (Å²) >= 11 is 0. The van der Waals surface area contributed by atoms with Crippen LogP contribution in [0.15, 0.2) is 28.8 Å². The van der Waals surface area contributed by atoms with Gasteiger partial charge in [0.2, 0.25) is 5.89 Å². The molecule has 2 aliphatic rings. The topological polar surface area (TPSA) is 92.2 Å². The largest absolute Gasteiger partial charge is 0.482 e. The molecule has 0 spiro atoms. The Hall–Kier alpha value is -2.88. The Balaban J connectivity index is 1.42. The van der Waals surface area contributed by atoms with Gasteiger partial charge >= 0.3 is 0 Å². The van der Waals surface area contributed by atoms with Crippen LogP contribution in [-0.2, 0) is 4.79 Å². The van der Waals surface area contributed by atoms with Crippen LogP contribution in [0.25, 0.3) is 0 Å². The zero-order valence-corrected chi connectivity index (χ0v) is 13.7. The van der Waals surface area contributed by atoms with Crippen molar-refractivity contribution in [3.05, 3.63) is 41.5 Å². The Kier molecular flexibility index (Phi) is 4.10. The van der Waals surface area contributed by atoms with Gasteiger partial charge in [-0.2, -0.15) is 10.2 Å². The molecule has 4 rings (SSSR count). The molecule has 1 saturated heterocycles. The van der Waals surface area contributed by atoms with Crippen LogP contribution in [0.4, 0.5) is 0 Å². The molecule has 2 fully saturated rings. The Morgan fingerprint density at radius 1 is 1.36 bits per heavy atom. The van der Waals surface area contributed by atoms with Gasteiger partial charge in [-0.05, 0) is 37.8 Å². The first kappa shape index (κ1) is 15.6. The zero-order chi connectivity index (χ0) is 17.2. The van der Waals surface area contributed by atoms with Gasteiger partial charge in [-0.25, -0.2) is 0 Å². The second-order valence-corrected chi connectivity index (χ2v) is 6.41. The minimum atomic E-state index is -0.154. The molecular weight excluding hydrogens is 320 g/mol. The van der Waals surface area contributed by atoms with E-state index in [1.54, 1.807) is 29.2 Å². The van der Waals surface area contributed by atoms with Gasteiger partial charge in [-0.15, -0.1) is 0 Å². The van der Waals surface area contributed by atoms with Crippen molar-refractivity contribution in [2.75, 3.05) is 13.2 Å². The molecular formula is C18H18N4O3. The molecule has 7 heteroatoms. The second-order valence-electron chi connectivity index (χ2n) is 6.41. The minimum Gasteiger partial charge on any atom is -0.482 e. The number of aromatic nitrogens is 2. The standard InChI is InChI=1S/C18H18N4O3/c19-10-13-4-1-2-6-15(13)24-11-16(23)22-9-3-5-14(22)17-20-18(25-21-17)12-7-8-12/h1-2,4,6,12,14H,3,5,7-9,11H2/t14-/m1/s1. The van der Waals surface area contributed by atoms with E-state index in [2.05, 4.69) is 16.2 Å². The Labute approximate surface area is 145 Å². The number of hydrogen-bond donors (Lipinski definition) is 0. The number of hydrogen-bond acceptors (Lipinski definition) is 6. The van der Waals surface area contributed by atoms with E-state index in [9.17, 15) is 4.79 Å². The highest BCUT2D eigenvalue weighted by atomic mass is 16.5. The summed E-state index contributed by atoms with van der Waals surface area (Å²) < 4.78 is 10.9. The first-order chi connectivity index (χ1) is 12.3. The van der Waals surface area contributed by atoms with Crippen molar-refractivity contribution in [2.45, 2.75) is 37.6 Å². The molecule has 0 N–H and O–H groups in total. The smallest absolute Gasteiger partial charge is 0.261 e. The first-order valence-electron chi connectivity index (χ1n) is 8.51. The van der Waals surface area contributed by atoms with E-state index < -0.39 is 0 Å². The van der Waals surface area contributed by atoms with Gasteiger partial charge in [0.25, 0.3) is 5.91 Å². The van der Waals surface area contributed by atoms with E-state index in [1.165, 1.54) is 0 Å². The lowest BCUT2D eigenvalue weighted by atomic mass is 10.2. The summed E-state index contributed by atoms with van der Waals surface area (Å²) in [6, 6.07) is 8.80. The fraction of sp³-hybridized carbons (Fsp3) is 0.444. The third-order valence-electron chi connectivity index (χ3n) is 4.61. The van der Waals surface area contributed by atoms with Crippen LogP contribution in [0.5, 0.6) is 5.75 Å². The SMILES string of the molecule is N#Cc1ccccc1OCC(=O)N1CCC[C@@H]1c1noc(C2CC2)n1. The van der Waals surface area contributed by atoms with Gasteiger partial charge < -0.3 is 14.2 Å². The van der Waals surface area contributed by atoms with Crippen LogP contribution in [0.3, 0.4) is 0 Å². The summed E-state index contributed by atoms with van der Waals surface area (Å²) in [4.78, 5) is 18.8. The molecule has 0 unspecified atom stereocenters. The number of likely N-dealkylation sites (tertiary alicyclic amines) is 1. The number of nitrogens with zero attached hydrogens (tertiary/aromatic N) is 4. The third kappa shape index (κ3) is 3.20. The molecule has 0 radical (unpaired) electrons. The Morgan fingerprint density at radius 3 is 3.00 bits per heavy atom. The van der Waals surface area contributed by atoms with Gasteiger partial charge in [0.15, 0.2) is 12.4 Å². The zero-order valence-electron chi connectivity index (χ0n) is 13.7. The minimum absolute atomic E-state index is 0.109. The van der Waals surface area contributed by atoms with Crippen LogP contribution in [0.2, 0.25) is 0 Å². The molecule has 1 saturated carbocycles. The molecule has 1 aromatic heterocycles. The number of amides is 1. The van der Waals surface area contributed by atoms with Crippen LogP contribution in [-0.4, -0.2) is 34.1 Å². The number of rotatable bonds is 5. The maximum Gasteiger partial charge on any atom is 0.261 e. The predicted octanol–water partition coefficient (Wildman–Crippen LogP) is 2.56. The molecule has 1 atom stereocenters. The van der Waals surface area contributed by atoms with Crippen LogP contribution in [0.1, 0.15) is 54.9 Å². The van der Waals surface area contributed by atoms with E-state index in [4.69, 9.17) is 14.5 Å². The highest BCUT2D eigenvalue weighted by molar-refractivity contribution is 5.78. The predicted molar refractivity (Wildman–Crippen MR) is 86.6 cm³/mol. The molecule has 0 bridgehead atoms. The second kappa shape index (κ2) is 6.55. The molecule has 1 aliphatic heterocycles. The quantitative estimate of drug-likeness (QED) is 0.832. The average molecular weight is 338 g/mol. The normalized spacial score (nSPS) is 19.6. The molecule has 1 amide bonds. The fourth-order valence-corrected chi connectivity index (χ4v) is 3.12. The molecule has 128 valence electrons. The summed E-state index contributed by atoms with van der Waals surface area (Å²) in [5, 5.41) is 13.2. The lowest BCUT2D eigenvalue weighted by molar-refractivity contribution is -0.134. The van der Waals surface area contributed by atoms with Crippen molar-refractivity contribution in [3.63, 3.8) is 0 Å². The highest BCUT2D eigenvalue weighted by Crippen LogP contribution is 2.40. The van der Waals surface area contributed by atoms with Crippen molar-refractivity contribution < 1.29 is 14.1 Å². The van der Waals surface area contributed by atoms with E-state index in [0.717, 1.165) is 25.7 Å². The van der Waals surface area contributed by atoms with Crippen LogP contribution in [0, 0.1) is 11.3 Å². The summed E-state index contributed by atoms with van der Waals surface area (Å²) in [5.74, 6) is 1.97. The lowest BCUT2D eigenvalue weighted by Crippen LogP contribution is -2.35. The summed E-state index contributed by atoms with van der Waals surface area (Å²) in [7, 11) is 0. The molecule has 1 aromatic carbocycles. The van der Waals surface area contributed by atoms with E-state index in [0.29, 0.717) is 35.5 Å². The maximum atomic E-state index is 12.6.